The molecule has 0 aromatic heterocycles. The number of ether oxygens (including phenoxy) is 3. The van der Waals surface area contributed by atoms with Crippen molar-refractivity contribution >= 4 is 28.9 Å². The first-order valence-electron chi connectivity index (χ1n) is 8.82. The molecule has 6 nitrogen and oxygen atoms in total. The zero-order valence-electron chi connectivity index (χ0n) is 15.7. The summed E-state index contributed by atoms with van der Waals surface area (Å²) in [6.45, 7) is 6.93. The molecule has 0 fully saturated rings. The van der Waals surface area contributed by atoms with Crippen molar-refractivity contribution in [2.45, 2.75) is 20.8 Å². The Morgan fingerprint density at radius 3 is 2.00 bits per heavy atom. The summed E-state index contributed by atoms with van der Waals surface area (Å²) in [5.41, 5.74) is 1.15. The molecule has 2 N–H and O–H groups in total. The molecule has 0 aliphatic heterocycles. The lowest BCUT2D eigenvalue weighted by molar-refractivity contribution is 0.0976. The fourth-order valence-electron chi connectivity index (χ4n) is 2.38. The summed E-state index contributed by atoms with van der Waals surface area (Å²) in [4.78, 5) is 12.6. The maximum Gasteiger partial charge on any atom is 0.257 e. The van der Waals surface area contributed by atoms with Crippen molar-refractivity contribution in [2.75, 3.05) is 25.1 Å². The predicted octanol–water partition coefficient (Wildman–Crippen LogP) is 4.01. The van der Waals surface area contributed by atoms with Gasteiger partial charge in [0.1, 0.15) is 0 Å². The van der Waals surface area contributed by atoms with Gasteiger partial charge in [-0.15, -0.1) is 0 Å². The first-order valence-corrected chi connectivity index (χ1v) is 9.23. The molecule has 0 aliphatic rings. The Morgan fingerprint density at radius 1 is 0.926 bits per heavy atom. The molecule has 0 heterocycles. The van der Waals surface area contributed by atoms with Crippen molar-refractivity contribution in [3.63, 3.8) is 0 Å². The Morgan fingerprint density at radius 2 is 1.48 bits per heavy atom. The van der Waals surface area contributed by atoms with Gasteiger partial charge in [-0.2, -0.15) is 0 Å². The highest BCUT2D eigenvalue weighted by Gasteiger charge is 2.19. The van der Waals surface area contributed by atoms with Crippen molar-refractivity contribution in [3.8, 4) is 17.2 Å². The first kappa shape index (κ1) is 20.5. The van der Waals surface area contributed by atoms with E-state index in [1.807, 2.05) is 51.1 Å². The fourth-order valence-corrected chi connectivity index (χ4v) is 2.59. The van der Waals surface area contributed by atoms with Gasteiger partial charge in [0.15, 0.2) is 16.6 Å². The molecule has 2 aromatic carbocycles. The fraction of sp³-hybridized carbons (Fsp3) is 0.300. The lowest BCUT2D eigenvalue weighted by Crippen LogP contribution is -2.34. The molecule has 0 atom stereocenters. The van der Waals surface area contributed by atoms with Crippen LogP contribution in [-0.4, -0.2) is 30.8 Å². The molecule has 27 heavy (non-hydrogen) atoms. The van der Waals surface area contributed by atoms with Crippen LogP contribution in [0.2, 0.25) is 0 Å². The molecule has 0 unspecified atom stereocenters. The molecule has 0 aliphatic carbocycles. The molecule has 2 aromatic rings. The summed E-state index contributed by atoms with van der Waals surface area (Å²) in [6, 6.07) is 12.6. The lowest BCUT2D eigenvalue weighted by Gasteiger charge is -2.17. The van der Waals surface area contributed by atoms with E-state index >= 15 is 0 Å². The van der Waals surface area contributed by atoms with Crippen LogP contribution in [-0.2, 0) is 0 Å². The number of hydrogen-bond acceptors (Lipinski definition) is 5. The van der Waals surface area contributed by atoms with Gasteiger partial charge in [0.25, 0.3) is 5.91 Å². The predicted molar refractivity (Wildman–Crippen MR) is 110 cm³/mol. The average Bonchev–Trinajstić information content (AvgIpc) is 2.65. The number of para-hydroxylation sites is 1. The minimum Gasteiger partial charge on any atom is -0.490 e. The van der Waals surface area contributed by atoms with Crippen molar-refractivity contribution in [3.05, 3.63) is 48.0 Å². The molecule has 0 spiro atoms. The average molecular weight is 388 g/mol. The Labute approximate surface area is 164 Å². The van der Waals surface area contributed by atoms with Crippen LogP contribution in [0.15, 0.2) is 42.5 Å². The molecule has 0 saturated carbocycles. The quantitative estimate of drug-likeness (QED) is 0.666. The number of nitrogens with one attached hydrogen (secondary N) is 2. The molecular weight excluding hydrogens is 364 g/mol. The van der Waals surface area contributed by atoms with E-state index in [0.717, 1.165) is 5.69 Å². The second-order valence-electron chi connectivity index (χ2n) is 5.37. The second-order valence-corrected chi connectivity index (χ2v) is 5.78. The smallest absolute Gasteiger partial charge is 0.257 e. The lowest BCUT2D eigenvalue weighted by atomic mass is 10.1. The molecule has 1 amide bonds. The van der Waals surface area contributed by atoms with Crippen LogP contribution in [0.25, 0.3) is 0 Å². The van der Waals surface area contributed by atoms with Gasteiger partial charge in [-0.3, -0.25) is 10.1 Å². The zero-order chi connectivity index (χ0) is 19.6. The normalized spacial score (nSPS) is 10.0. The number of anilines is 1. The standard InChI is InChI=1S/C20H24N2O4S/c1-4-24-16-12-14(13-17(25-5-2)18(16)26-6-3)19(23)22-20(27)21-15-10-8-7-9-11-15/h7-13H,4-6H2,1-3H3,(H2,21,22,23,27). The summed E-state index contributed by atoms with van der Waals surface area (Å²) in [5.74, 6) is 1.03. The van der Waals surface area contributed by atoms with Crippen molar-refractivity contribution in [2.24, 2.45) is 0 Å². The number of carbonyl (C=O) groups excluding carboxylic acids is 1. The SMILES string of the molecule is CCOc1cc(C(=O)NC(=S)Nc2ccccc2)cc(OCC)c1OCC. The highest BCUT2D eigenvalue weighted by molar-refractivity contribution is 7.80. The topological polar surface area (TPSA) is 68.8 Å². The highest BCUT2D eigenvalue weighted by atomic mass is 32.1. The van der Waals surface area contributed by atoms with Crippen LogP contribution in [0.3, 0.4) is 0 Å². The minimum atomic E-state index is -0.367. The zero-order valence-corrected chi connectivity index (χ0v) is 16.5. The van der Waals surface area contributed by atoms with Crippen LogP contribution in [0.5, 0.6) is 17.2 Å². The van der Waals surface area contributed by atoms with E-state index in [-0.39, 0.29) is 11.0 Å². The Hall–Kier alpha value is -2.80. The van der Waals surface area contributed by atoms with Gasteiger partial charge in [-0.05, 0) is 57.3 Å². The van der Waals surface area contributed by atoms with E-state index in [9.17, 15) is 4.79 Å². The van der Waals surface area contributed by atoms with Gasteiger partial charge in [0.05, 0.1) is 19.8 Å². The largest absolute Gasteiger partial charge is 0.490 e. The van der Waals surface area contributed by atoms with Gasteiger partial charge in [0, 0.05) is 11.3 Å². The molecule has 144 valence electrons. The molecule has 0 radical (unpaired) electrons. The van der Waals surface area contributed by atoms with E-state index in [1.165, 1.54) is 0 Å². The van der Waals surface area contributed by atoms with Crippen LogP contribution >= 0.6 is 12.2 Å². The van der Waals surface area contributed by atoms with Crippen molar-refractivity contribution < 1.29 is 19.0 Å². The highest BCUT2D eigenvalue weighted by Crippen LogP contribution is 2.39. The summed E-state index contributed by atoms with van der Waals surface area (Å²) < 4.78 is 16.9. The monoisotopic (exact) mass is 388 g/mol. The summed E-state index contributed by atoms with van der Waals surface area (Å²) >= 11 is 5.22. The number of benzene rings is 2. The van der Waals surface area contributed by atoms with Gasteiger partial charge < -0.3 is 19.5 Å². The maximum absolute atomic E-state index is 12.6. The molecule has 2 rings (SSSR count). The van der Waals surface area contributed by atoms with Crippen LogP contribution in [0.4, 0.5) is 5.69 Å². The molecule has 7 heteroatoms. The van der Waals surface area contributed by atoms with Crippen LogP contribution in [0.1, 0.15) is 31.1 Å². The van der Waals surface area contributed by atoms with E-state index in [0.29, 0.717) is 42.6 Å². The van der Waals surface area contributed by atoms with Crippen LogP contribution in [0, 0.1) is 0 Å². The van der Waals surface area contributed by atoms with Gasteiger partial charge >= 0.3 is 0 Å². The molecular formula is C20H24N2O4S. The maximum atomic E-state index is 12.6. The van der Waals surface area contributed by atoms with Gasteiger partial charge in [0.2, 0.25) is 5.75 Å². The third-order valence-electron chi connectivity index (χ3n) is 3.43. The van der Waals surface area contributed by atoms with E-state index < -0.39 is 0 Å². The van der Waals surface area contributed by atoms with Gasteiger partial charge in [-0.25, -0.2) is 0 Å². The van der Waals surface area contributed by atoms with E-state index in [4.69, 9.17) is 26.4 Å². The Kier molecular flexibility index (Phi) is 7.88. The first-order chi connectivity index (χ1) is 13.1. The Bertz CT molecular complexity index is 754. The number of carbonyl (C=O) groups is 1. The number of hydrogen-bond donors (Lipinski definition) is 2. The number of amides is 1. The van der Waals surface area contributed by atoms with Crippen LogP contribution < -0.4 is 24.8 Å². The molecule has 0 bridgehead atoms. The van der Waals surface area contributed by atoms with Crippen molar-refractivity contribution in [1.29, 1.82) is 0 Å². The summed E-state index contributed by atoms with van der Waals surface area (Å²) in [7, 11) is 0. The number of rotatable bonds is 8. The summed E-state index contributed by atoms with van der Waals surface area (Å²) in [5, 5.41) is 5.84. The van der Waals surface area contributed by atoms with Crippen molar-refractivity contribution in [1.82, 2.24) is 5.32 Å². The number of thiocarbonyl (C=S) groups is 1. The third-order valence-corrected chi connectivity index (χ3v) is 3.63. The van der Waals surface area contributed by atoms with E-state index in [1.54, 1.807) is 12.1 Å². The second kappa shape index (κ2) is 10.4. The Balaban J connectivity index is 2.22. The third kappa shape index (κ3) is 5.86. The molecule has 0 saturated heterocycles. The summed E-state index contributed by atoms with van der Waals surface area (Å²) in [6.07, 6.45) is 0. The van der Waals surface area contributed by atoms with Gasteiger partial charge in [-0.1, -0.05) is 18.2 Å². The van der Waals surface area contributed by atoms with E-state index in [2.05, 4.69) is 10.6 Å². The minimum absolute atomic E-state index is 0.205.